The Balaban J connectivity index is 0.00000364. The Hall–Kier alpha value is -1.60. The highest BCUT2D eigenvalue weighted by Crippen LogP contribution is 2.13. The lowest BCUT2D eigenvalue weighted by molar-refractivity contribution is 0.106. The molecule has 5 heteroatoms. The molecular formula is C22H32IN3O. The summed E-state index contributed by atoms with van der Waals surface area (Å²) in [5, 5.41) is 6.74. The third-order valence-electron chi connectivity index (χ3n) is 4.23. The maximum Gasteiger partial charge on any atom is 0.191 e. The smallest absolute Gasteiger partial charge is 0.191 e. The van der Waals surface area contributed by atoms with E-state index in [0.29, 0.717) is 25.8 Å². The fourth-order valence-corrected chi connectivity index (χ4v) is 2.53. The van der Waals surface area contributed by atoms with Crippen LogP contribution in [0.25, 0.3) is 0 Å². The summed E-state index contributed by atoms with van der Waals surface area (Å²) in [6.45, 7) is 9.12. The zero-order valence-corrected chi connectivity index (χ0v) is 18.9. The van der Waals surface area contributed by atoms with E-state index in [2.05, 4.69) is 67.8 Å². The van der Waals surface area contributed by atoms with E-state index < -0.39 is 0 Å². The third-order valence-corrected chi connectivity index (χ3v) is 4.23. The Morgan fingerprint density at radius 3 is 2.30 bits per heavy atom. The first-order valence-electron chi connectivity index (χ1n) is 9.46. The second kappa shape index (κ2) is 13.6. The van der Waals surface area contributed by atoms with Crippen molar-refractivity contribution in [3.63, 3.8) is 0 Å². The molecule has 2 rings (SSSR count). The van der Waals surface area contributed by atoms with E-state index in [4.69, 9.17) is 9.73 Å². The number of aliphatic imine (C=N–C) groups is 1. The minimum Gasteiger partial charge on any atom is -0.372 e. The summed E-state index contributed by atoms with van der Waals surface area (Å²) in [6.07, 6.45) is 1.06. The summed E-state index contributed by atoms with van der Waals surface area (Å²) < 4.78 is 5.90. The zero-order chi connectivity index (χ0) is 18.6. The van der Waals surface area contributed by atoms with Crippen LogP contribution >= 0.6 is 24.0 Å². The highest BCUT2D eigenvalue weighted by atomic mass is 127. The van der Waals surface area contributed by atoms with Crippen molar-refractivity contribution in [1.82, 2.24) is 10.6 Å². The topological polar surface area (TPSA) is 45.7 Å². The first-order chi connectivity index (χ1) is 12.7. The van der Waals surface area contributed by atoms with E-state index in [9.17, 15) is 0 Å². The molecule has 4 nitrogen and oxygen atoms in total. The normalized spacial score (nSPS) is 12.2. The molecule has 0 aliphatic heterocycles. The van der Waals surface area contributed by atoms with Gasteiger partial charge >= 0.3 is 0 Å². The van der Waals surface area contributed by atoms with Crippen LogP contribution in [0, 0.1) is 0 Å². The highest BCUT2D eigenvalue weighted by molar-refractivity contribution is 14.0. The largest absolute Gasteiger partial charge is 0.372 e. The number of benzene rings is 2. The monoisotopic (exact) mass is 481 g/mol. The van der Waals surface area contributed by atoms with Gasteiger partial charge in [-0.05, 0) is 37.0 Å². The summed E-state index contributed by atoms with van der Waals surface area (Å²) in [6, 6.07) is 19.0. The molecular weight excluding hydrogens is 449 g/mol. The molecule has 0 amide bonds. The molecule has 0 aliphatic carbocycles. The Kier molecular flexibility index (Phi) is 11.8. The van der Waals surface area contributed by atoms with Crippen LogP contribution in [0.4, 0.5) is 0 Å². The van der Waals surface area contributed by atoms with Crippen molar-refractivity contribution in [1.29, 1.82) is 0 Å². The number of ether oxygens (including phenoxy) is 1. The summed E-state index contributed by atoms with van der Waals surface area (Å²) in [5.41, 5.74) is 3.57. The van der Waals surface area contributed by atoms with E-state index >= 15 is 0 Å². The van der Waals surface area contributed by atoms with Gasteiger partial charge in [0.05, 0.1) is 19.8 Å². The number of nitrogens with one attached hydrogen (secondary N) is 2. The zero-order valence-electron chi connectivity index (χ0n) is 16.6. The number of hydrogen-bond donors (Lipinski definition) is 2. The van der Waals surface area contributed by atoms with Crippen molar-refractivity contribution >= 4 is 29.9 Å². The van der Waals surface area contributed by atoms with Crippen LogP contribution < -0.4 is 10.6 Å². The summed E-state index contributed by atoms with van der Waals surface area (Å²) in [7, 11) is 0. The molecule has 0 radical (unpaired) electrons. The van der Waals surface area contributed by atoms with Gasteiger partial charge in [0, 0.05) is 12.6 Å². The third kappa shape index (κ3) is 8.75. The highest BCUT2D eigenvalue weighted by Gasteiger charge is 2.05. The Labute approximate surface area is 180 Å². The van der Waals surface area contributed by atoms with Gasteiger partial charge in [0.15, 0.2) is 5.96 Å². The fourth-order valence-electron chi connectivity index (χ4n) is 2.53. The molecule has 2 N–H and O–H groups in total. The van der Waals surface area contributed by atoms with Gasteiger partial charge in [-0.15, -0.1) is 24.0 Å². The van der Waals surface area contributed by atoms with E-state index in [1.807, 2.05) is 18.2 Å². The van der Waals surface area contributed by atoms with Crippen LogP contribution in [0.2, 0.25) is 0 Å². The molecule has 0 aliphatic rings. The lowest BCUT2D eigenvalue weighted by Gasteiger charge is -2.16. The Morgan fingerprint density at radius 1 is 0.963 bits per heavy atom. The van der Waals surface area contributed by atoms with Gasteiger partial charge in [-0.25, -0.2) is 4.99 Å². The molecule has 0 saturated heterocycles. The van der Waals surface area contributed by atoms with Crippen molar-refractivity contribution in [3.05, 3.63) is 71.3 Å². The number of guanidine groups is 1. The maximum atomic E-state index is 5.90. The van der Waals surface area contributed by atoms with E-state index in [-0.39, 0.29) is 24.0 Å². The minimum atomic E-state index is 0. The number of nitrogens with zero attached hydrogens (tertiary/aromatic N) is 1. The van der Waals surface area contributed by atoms with Gasteiger partial charge in [-0.1, -0.05) is 61.5 Å². The van der Waals surface area contributed by atoms with Crippen LogP contribution in [0.1, 0.15) is 43.9 Å². The number of halogens is 1. The van der Waals surface area contributed by atoms with Gasteiger partial charge in [0.1, 0.15) is 0 Å². The van der Waals surface area contributed by atoms with Crippen LogP contribution in [0.15, 0.2) is 59.6 Å². The first-order valence-corrected chi connectivity index (χ1v) is 9.46. The Bertz CT molecular complexity index is 676. The quantitative estimate of drug-likeness (QED) is 0.305. The van der Waals surface area contributed by atoms with Crippen molar-refractivity contribution < 1.29 is 4.74 Å². The maximum absolute atomic E-state index is 5.90. The van der Waals surface area contributed by atoms with Gasteiger partial charge in [0.2, 0.25) is 0 Å². The van der Waals surface area contributed by atoms with Gasteiger partial charge in [-0.2, -0.15) is 0 Å². The SMILES string of the molecule is CCNC(=NCc1ccccc1COCc1ccccc1)NC(C)CC.I. The molecule has 0 aromatic heterocycles. The average Bonchev–Trinajstić information content (AvgIpc) is 2.68. The summed E-state index contributed by atoms with van der Waals surface area (Å²) >= 11 is 0. The molecule has 148 valence electrons. The molecule has 0 spiro atoms. The standard InChI is InChI=1S/C22H31N3O.HI/c1-4-18(3)25-22(23-5-2)24-15-20-13-9-10-14-21(20)17-26-16-19-11-7-6-8-12-19;/h6-14,18H,4-5,15-17H2,1-3H3,(H2,23,24,25);1H. The molecule has 1 unspecified atom stereocenters. The first kappa shape index (κ1) is 23.4. The van der Waals surface area contributed by atoms with Gasteiger partial charge < -0.3 is 15.4 Å². The van der Waals surface area contributed by atoms with Gasteiger partial charge in [0.25, 0.3) is 0 Å². The molecule has 1 atom stereocenters. The van der Waals surface area contributed by atoms with Crippen molar-refractivity contribution in [2.75, 3.05) is 6.54 Å². The molecule has 0 fully saturated rings. The van der Waals surface area contributed by atoms with Crippen molar-refractivity contribution in [2.45, 2.75) is 53.0 Å². The van der Waals surface area contributed by atoms with E-state index in [0.717, 1.165) is 18.9 Å². The Morgan fingerprint density at radius 2 is 1.63 bits per heavy atom. The minimum absolute atomic E-state index is 0. The van der Waals surface area contributed by atoms with Crippen LogP contribution in [0.5, 0.6) is 0 Å². The lowest BCUT2D eigenvalue weighted by atomic mass is 10.1. The predicted molar refractivity (Wildman–Crippen MR) is 124 cm³/mol. The second-order valence-corrected chi connectivity index (χ2v) is 6.40. The summed E-state index contributed by atoms with van der Waals surface area (Å²) in [4.78, 5) is 4.74. The number of hydrogen-bond acceptors (Lipinski definition) is 2. The van der Waals surface area contributed by atoms with E-state index in [1.165, 1.54) is 16.7 Å². The molecule has 2 aromatic rings. The molecule has 0 bridgehead atoms. The number of rotatable bonds is 9. The second-order valence-electron chi connectivity index (χ2n) is 6.40. The van der Waals surface area contributed by atoms with Crippen molar-refractivity contribution in [3.8, 4) is 0 Å². The van der Waals surface area contributed by atoms with E-state index in [1.54, 1.807) is 0 Å². The van der Waals surface area contributed by atoms with Crippen LogP contribution in [-0.4, -0.2) is 18.5 Å². The fraction of sp³-hybridized carbons (Fsp3) is 0.409. The summed E-state index contributed by atoms with van der Waals surface area (Å²) in [5.74, 6) is 0.863. The average molecular weight is 481 g/mol. The van der Waals surface area contributed by atoms with Gasteiger partial charge in [-0.3, -0.25) is 0 Å². The molecule has 2 aromatic carbocycles. The van der Waals surface area contributed by atoms with Crippen LogP contribution in [-0.2, 0) is 24.5 Å². The lowest BCUT2D eigenvalue weighted by Crippen LogP contribution is -2.41. The molecule has 0 saturated carbocycles. The van der Waals surface area contributed by atoms with Crippen molar-refractivity contribution in [2.24, 2.45) is 4.99 Å². The predicted octanol–water partition coefficient (Wildman–Crippen LogP) is 4.88. The molecule has 0 heterocycles. The van der Waals surface area contributed by atoms with Crippen LogP contribution in [0.3, 0.4) is 0 Å². The molecule has 27 heavy (non-hydrogen) atoms.